The molecule has 0 saturated carbocycles. The second-order valence-electron chi connectivity index (χ2n) is 0.921. The Morgan fingerprint density at radius 3 is 1.40 bits per heavy atom. The number of halogens is 4. The summed E-state index contributed by atoms with van der Waals surface area (Å²) in [7, 11) is -5.06. The summed E-state index contributed by atoms with van der Waals surface area (Å²) in [4.78, 5) is 0. The minimum atomic E-state index is -5.84. The predicted octanol–water partition coefficient (Wildman–Crippen LogP) is -0.100. The van der Waals surface area contributed by atoms with Crippen molar-refractivity contribution in [2.45, 2.75) is 5.51 Å². The molecule has 10 heavy (non-hydrogen) atoms. The normalized spacial score (nSPS) is 12.1. The molecule has 64 valence electrons. The molecule has 0 aromatic carbocycles. The van der Waals surface area contributed by atoms with Crippen molar-refractivity contribution in [3.8, 4) is 0 Å². The lowest BCUT2D eigenvalue weighted by Gasteiger charge is -1.97. The van der Waals surface area contributed by atoms with Crippen LogP contribution in [0.5, 0.6) is 0 Å². The molecule has 0 aliphatic rings. The molecule has 0 aliphatic carbocycles. The third kappa shape index (κ3) is 5.03. The fourth-order valence-corrected chi connectivity index (χ4v) is 0. The van der Waals surface area contributed by atoms with Gasteiger partial charge in [0.2, 0.25) is 0 Å². The summed E-state index contributed by atoms with van der Waals surface area (Å²) < 4.78 is 57.5. The Morgan fingerprint density at radius 2 is 1.40 bits per heavy atom. The van der Waals surface area contributed by atoms with Crippen LogP contribution in [0.4, 0.5) is 13.2 Å². The van der Waals surface area contributed by atoms with Crippen molar-refractivity contribution in [3.05, 3.63) is 0 Å². The Balaban J connectivity index is 0. The van der Waals surface area contributed by atoms with Crippen molar-refractivity contribution >= 4 is 30.7 Å². The van der Waals surface area contributed by atoms with E-state index in [1.165, 1.54) is 0 Å². The summed E-state index contributed by atoms with van der Waals surface area (Å²) in [6, 6.07) is 0. The maximum absolute atomic E-state index is 10.7. The molecule has 0 spiro atoms. The first-order chi connectivity index (χ1) is 4.25. The zero-order chi connectivity index (χ0) is 9.00. The van der Waals surface area contributed by atoms with Gasteiger partial charge in [-0.05, 0) is 0 Å². The SMILES string of the molecule is O=S(=O)(O)C(F)(F)F.[SiH3]Cl. The molecule has 0 aromatic rings. The highest BCUT2D eigenvalue weighted by Crippen LogP contribution is 2.20. The lowest BCUT2D eigenvalue weighted by Crippen LogP contribution is -2.21. The topological polar surface area (TPSA) is 54.4 Å². The minimum absolute atomic E-state index is 0.778. The van der Waals surface area contributed by atoms with Crippen LogP contribution in [0.3, 0.4) is 0 Å². The number of hydrogen-bond donors (Lipinski definition) is 1. The maximum Gasteiger partial charge on any atom is 0.522 e. The van der Waals surface area contributed by atoms with Crippen LogP contribution in [-0.4, -0.2) is 28.0 Å². The highest BCUT2D eigenvalue weighted by molar-refractivity contribution is 7.86. The Hall–Kier alpha value is 0.207. The molecule has 0 bridgehead atoms. The molecule has 0 aromatic heterocycles. The minimum Gasteiger partial charge on any atom is -0.279 e. The van der Waals surface area contributed by atoms with Crippen LogP contribution in [0.25, 0.3) is 0 Å². The first kappa shape index (κ1) is 12.8. The van der Waals surface area contributed by atoms with Gasteiger partial charge in [-0.15, -0.1) is 0 Å². The summed E-state index contributed by atoms with van der Waals surface area (Å²) in [5.41, 5.74) is -5.53. The van der Waals surface area contributed by atoms with Crippen LogP contribution < -0.4 is 0 Å². The molecular formula is CH4ClF3O3SSi. The van der Waals surface area contributed by atoms with E-state index in [9.17, 15) is 13.2 Å². The largest absolute Gasteiger partial charge is 0.522 e. The molecule has 0 fully saturated rings. The van der Waals surface area contributed by atoms with Crippen molar-refractivity contribution in [2.75, 3.05) is 0 Å². The van der Waals surface area contributed by atoms with Crippen molar-refractivity contribution in [1.29, 1.82) is 0 Å². The van der Waals surface area contributed by atoms with E-state index >= 15 is 0 Å². The van der Waals surface area contributed by atoms with Gasteiger partial charge in [0.05, 0.1) is 0 Å². The van der Waals surface area contributed by atoms with E-state index in [2.05, 4.69) is 0 Å². The molecule has 9 heteroatoms. The number of hydrogen-bond acceptors (Lipinski definition) is 2. The van der Waals surface area contributed by atoms with Gasteiger partial charge < -0.3 is 0 Å². The highest BCUT2D eigenvalue weighted by Gasteiger charge is 2.44. The third-order valence-corrected chi connectivity index (χ3v) is 0.877. The van der Waals surface area contributed by atoms with E-state index in [0.29, 0.717) is 0 Å². The van der Waals surface area contributed by atoms with E-state index < -0.39 is 15.6 Å². The third-order valence-electron chi connectivity index (χ3n) is 0.292. The lowest BCUT2D eigenvalue weighted by atomic mass is 11.6. The predicted molar refractivity (Wildman–Crippen MR) is 33.4 cm³/mol. The molecule has 3 nitrogen and oxygen atoms in total. The highest BCUT2D eigenvalue weighted by atomic mass is 35.6. The van der Waals surface area contributed by atoms with Gasteiger partial charge in [-0.2, -0.15) is 32.7 Å². The average molecular weight is 217 g/mol. The van der Waals surface area contributed by atoms with E-state index in [1.54, 1.807) is 0 Å². The van der Waals surface area contributed by atoms with Gasteiger partial charge in [0.25, 0.3) is 0 Å². The van der Waals surface area contributed by atoms with E-state index in [-0.39, 0.29) is 0 Å². The summed E-state index contributed by atoms with van der Waals surface area (Å²) in [5.74, 6) is 0. The summed E-state index contributed by atoms with van der Waals surface area (Å²) in [6.45, 7) is 0. The van der Waals surface area contributed by atoms with E-state index in [1.807, 2.05) is 0 Å². The Kier molecular flexibility index (Phi) is 5.35. The summed E-state index contributed by atoms with van der Waals surface area (Å²) >= 11 is 4.78. The standard InChI is InChI=1S/CHF3O3S.ClH3Si/c2-1(3,4)8(5,6)7;1-2/h(H,5,6,7);2H3. The van der Waals surface area contributed by atoms with Gasteiger partial charge in [-0.25, -0.2) is 0 Å². The molecule has 0 amide bonds. The van der Waals surface area contributed by atoms with E-state index in [4.69, 9.17) is 24.0 Å². The molecule has 0 saturated heterocycles. The van der Waals surface area contributed by atoms with Gasteiger partial charge >= 0.3 is 15.6 Å². The van der Waals surface area contributed by atoms with Crippen LogP contribution >= 0.6 is 11.1 Å². The molecule has 0 radical (unpaired) electrons. The van der Waals surface area contributed by atoms with Crippen LogP contribution in [0.15, 0.2) is 0 Å². The Bertz CT molecular complexity index is 173. The van der Waals surface area contributed by atoms with E-state index in [0.717, 1.165) is 9.55 Å². The zero-order valence-electron chi connectivity index (χ0n) is 4.68. The van der Waals surface area contributed by atoms with Crippen LogP contribution in [0.2, 0.25) is 0 Å². The van der Waals surface area contributed by atoms with Crippen molar-refractivity contribution in [1.82, 2.24) is 0 Å². The fraction of sp³-hybridized carbons (Fsp3) is 1.00. The second kappa shape index (κ2) is 4.16. The zero-order valence-corrected chi connectivity index (χ0v) is 8.26. The molecule has 1 N–H and O–H groups in total. The smallest absolute Gasteiger partial charge is 0.279 e. The van der Waals surface area contributed by atoms with Crippen LogP contribution in [-0.2, 0) is 10.1 Å². The van der Waals surface area contributed by atoms with Crippen molar-refractivity contribution in [3.63, 3.8) is 0 Å². The van der Waals surface area contributed by atoms with Gasteiger partial charge in [0, 0.05) is 0 Å². The fourth-order valence-electron chi connectivity index (χ4n) is 0. The van der Waals surface area contributed by atoms with Crippen LogP contribution in [0.1, 0.15) is 0 Å². The monoisotopic (exact) mass is 216 g/mol. The quantitative estimate of drug-likeness (QED) is 0.266. The first-order valence-electron chi connectivity index (χ1n) is 1.66. The first-order valence-corrected chi connectivity index (χ1v) is 6.13. The van der Waals surface area contributed by atoms with Crippen molar-refractivity contribution < 1.29 is 26.1 Å². The second-order valence-corrected chi connectivity index (χ2v) is 2.33. The summed E-state index contributed by atoms with van der Waals surface area (Å²) in [5, 5.41) is 0. The molecule has 0 aliphatic heterocycles. The molecule has 0 unspecified atom stereocenters. The molecule has 0 atom stereocenters. The lowest BCUT2D eigenvalue weighted by molar-refractivity contribution is -0.0510. The van der Waals surface area contributed by atoms with Crippen molar-refractivity contribution in [2.24, 2.45) is 0 Å². The molecule has 0 heterocycles. The van der Waals surface area contributed by atoms with Gasteiger partial charge in [0.15, 0.2) is 0 Å². The van der Waals surface area contributed by atoms with Gasteiger partial charge in [-0.1, -0.05) is 0 Å². The van der Waals surface area contributed by atoms with Gasteiger partial charge in [-0.3, -0.25) is 4.55 Å². The molecular weight excluding hydrogens is 213 g/mol. The number of rotatable bonds is 0. The average Bonchev–Trinajstić information content (AvgIpc) is 1.66. The Morgan fingerprint density at radius 1 is 1.30 bits per heavy atom. The summed E-state index contributed by atoms with van der Waals surface area (Å²) in [6.07, 6.45) is 0. The van der Waals surface area contributed by atoms with Gasteiger partial charge in [0.1, 0.15) is 9.55 Å². The Labute approximate surface area is 63.0 Å². The number of alkyl halides is 3. The molecule has 0 rings (SSSR count). The maximum atomic E-state index is 10.7. The van der Waals surface area contributed by atoms with Crippen LogP contribution in [0, 0.1) is 0 Å².